The summed E-state index contributed by atoms with van der Waals surface area (Å²) in [4.78, 5) is 14.8. The smallest absolute Gasteiger partial charge is 0.481 e. The molecule has 0 radical (unpaired) electrons. The molecule has 0 atom stereocenters. The molecule has 0 aliphatic heterocycles. The number of pyridine rings is 1. The van der Waals surface area contributed by atoms with Gasteiger partial charge in [-0.25, -0.2) is 0 Å². The average Bonchev–Trinajstić information content (AvgIpc) is 2.38. The molecule has 5 nitrogen and oxygen atoms in total. The molecule has 0 bridgehead atoms. The summed E-state index contributed by atoms with van der Waals surface area (Å²) in [6, 6.07) is 1.26. The molecule has 1 heterocycles. The van der Waals surface area contributed by atoms with Crippen molar-refractivity contribution in [2.75, 3.05) is 14.2 Å². The van der Waals surface area contributed by atoms with E-state index in [4.69, 9.17) is 16.3 Å². The molecule has 112 valence electrons. The van der Waals surface area contributed by atoms with Crippen molar-refractivity contribution in [3.8, 4) is 11.8 Å². The second-order valence-corrected chi connectivity index (χ2v) is 3.82. The molecule has 0 saturated carbocycles. The Bertz CT molecular complexity index is 493. The molecular formula is C11H11ClF3NO4. The first kappa shape index (κ1) is 16.4. The summed E-state index contributed by atoms with van der Waals surface area (Å²) < 4.78 is 49.9. The molecule has 1 rings (SSSR count). The quantitative estimate of drug-likeness (QED) is 0.617. The number of nitrogens with zero attached hydrogens (tertiary/aromatic N) is 1. The summed E-state index contributed by atoms with van der Waals surface area (Å²) in [5.41, 5.74) is 0.244. The van der Waals surface area contributed by atoms with Crippen LogP contribution in [0.3, 0.4) is 0 Å². The van der Waals surface area contributed by atoms with E-state index in [-0.39, 0.29) is 17.3 Å². The van der Waals surface area contributed by atoms with Gasteiger partial charge in [0, 0.05) is 11.1 Å². The van der Waals surface area contributed by atoms with E-state index in [2.05, 4.69) is 14.5 Å². The maximum absolute atomic E-state index is 12.3. The zero-order chi connectivity index (χ0) is 15.3. The minimum Gasteiger partial charge on any atom is -0.481 e. The van der Waals surface area contributed by atoms with E-state index in [0.717, 1.165) is 7.11 Å². The number of carbonyl (C=O) groups is 1. The van der Waals surface area contributed by atoms with Crippen molar-refractivity contribution in [2.45, 2.75) is 18.7 Å². The fraction of sp³-hybridized carbons (Fsp3) is 0.455. The lowest BCUT2D eigenvalue weighted by Gasteiger charge is -2.14. The van der Waals surface area contributed by atoms with Gasteiger partial charge in [-0.2, -0.15) is 4.98 Å². The first-order valence-electron chi connectivity index (χ1n) is 5.26. The van der Waals surface area contributed by atoms with Crippen LogP contribution in [0.15, 0.2) is 6.07 Å². The van der Waals surface area contributed by atoms with Crippen molar-refractivity contribution >= 4 is 17.6 Å². The van der Waals surface area contributed by atoms with Gasteiger partial charge in [0.2, 0.25) is 11.8 Å². The lowest BCUT2D eigenvalue weighted by Crippen LogP contribution is -2.20. The van der Waals surface area contributed by atoms with Crippen LogP contribution in [0.1, 0.15) is 11.1 Å². The highest BCUT2D eigenvalue weighted by Crippen LogP contribution is 2.30. The molecule has 0 spiro atoms. The van der Waals surface area contributed by atoms with Gasteiger partial charge in [0.25, 0.3) is 0 Å². The predicted molar refractivity (Wildman–Crippen MR) is 62.7 cm³/mol. The van der Waals surface area contributed by atoms with Gasteiger partial charge in [-0.05, 0) is 6.07 Å². The van der Waals surface area contributed by atoms with Crippen molar-refractivity contribution in [3.63, 3.8) is 0 Å². The maximum Gasteiger partial charge on any atom is 0.574 e. The number of esters is 1. The van der Waals surface area contributed by atoms with E-state index in [1.165, 1.54) is 13.2 Å². The SMILES string of the molecule is COC(=O)Cc1cc(CCl)c(OC)nc1OC(F)(F)F. The van der Waals surface area contributed by atoms with Gasteiger partial charge in [0.15, 0.2) is 0 Å². The highest BCUT2D eigenvalue weighted by molar-refractivity contribution is 6.17. The van der Waals surface area contributed by atoms with Crippen molar-refractivity contribution in [3.05, 3.63) is 17.2 Å². The Hall–Kier alpha value is -1.70. The largest absolute Gasteiger partial charge is 0.574 e. The van der Waals surface area contributed by atoms with Crippen LogP contribution in [0.2, 0.25) is 0 Å². The van der Waals surface area contributed by atoms with Gasteiger partial charge in [-0.1, -0.05) is 0 Å². The van der Waals surface area contributed by atoms with Crippen LogP contribution >= 0.6 is 11.6 Å². The molecule has 0 amide bonds. The van der Waals surface area contributed by atoms with Crippen LogP contribution in [0.25, 0.3) is 0 Å². The summed E-state index contributed by atoms with van der Waals surface area (Å²) >= 11 is 5.64. The van der Waals surface area contributed by atoms with E-state index < -0.39 is 24.6 Å². The molecule has 0 aliphatic carbocycles. The number of aromatic nitrogens is 1. The Labute approximate surface area is 117 Å². The molecular weight excluding hydrogens is 303 g/mol. The molecule has 1 aromatic rings. The fourth-order valence-corrected chi connectivity index (χ4v) is 1.59. The summed E-state index contributed by atoms with van der Waals surface area (Å²) in [5.74, 6) is -1.65. The van der Waals surface area contributed by atoms with E-state index in [1.54, 1.807) is 0 Å². The molecule has 0 unspecified atom stereocenters. The van der Waals surface area contributed by atoms with E-state index in [0.29, 0.717) is 5.56 Å². The normalized spacial score (nSPS) is 11.1. The van der Waals surface area contributed by atoms with E-state index >= 15 is 0 Å². The average molecular weight is 314 g/mol. The lowest BCUT2D eigenvalue weighted by molar-refractivity contribution is -0.276. The highest BCUT2D eigenvalue weighted by atomic mass is 35.5. The van der Waals surface area contributed by atoms with Crippen LogP contribution in [0.5, 0.6) is 11.8 Å². The van der Waals surface area contributed by atoms with Crippen LogP contribution in [-0.4, -0.2) is 31.5 Å². The van der Waals surface area contributed by atoms with Crippen molar-refractivity contribution in [1.29, 1.82) is 0 Å². The highest BCUT2D eigenvalue weighted by Gasteiger charge is 2.33. The number of hydrogen-bond donors (Lipinski definition) is 0. The van der Waals surface area contributed by atoms with Crippen molar-refractivity contribution in [1.82, 2.24) is 4.98 Å². The van der Waals surface area contributed by atoms with Crippen molar-refractivity contribution in [2.24, 2.45) is 0 Å². The Morgan fingerprint density at radius 1 is 1.30 bits per heavy atom. The molecule has 0 N–H and O–H groups in total. The van der Waals surface area contributed by atoms with Gasteiger partial charge in [0.1, 0.15) is 0 Å². The number of halogens is 4. The van der Waals surface area contributed by atoms with E-state index in [9.17, 15) is 18.0 Å². The van der Waals surface area contributed by atoms with Gasteiger partial charge in [-0.15, -0.1) is 24.8 Å². The standard InChI is InChI=1S/C11H11ClF3NO4/c1-18-8(17)4-6-3-7(5-12)9(19-2)16-10(6)20-11(13,14)15/h3H,4-5H2,1-2H3. The number of rotatable bonds is 5. The molecule has 0 saturated heterocycles. The Morgan fingerprint density at radius 2 is 1.95 bits per heavy atom. The van der Waals surface area contributed by atoms with Crippen LogP contribution in [0.4, 0.5) is 13.2 Å². The zero-order valence-corrected chi connectivity index (χ0v) is 11.3. The second kappa shape index (κ2) is 6.65. The van der Waals surface area contributed by atoms with Crippen LogP contribution in [0, 0.1) is 0 Å². The first-order valence-corrected chi connectivity index (χ1v) is 5.79. The summed E-state index contributed by atoms with van der Waals surface area (Å²) in [7, 11) is 2.35. The monoisotopic (exact) mass is 313 g/mol. The van der Waals surface area contributed by atoms with Crippen LogP contribution < -0.4 is 9.47 Å². The number of methoxy groups -OCH3 is 2. The number of ether oxygens (including phenoxy) is 3. The first-order chi connectivity index (χ1) is 9.30. The fourth-order valence-electron chi connectivity index (χ4n) is 1.39. The maximum atomic E-state index is 12.3. The number of hydrogen-bond acceptors (Lipinski definition) is 5. The molecule has 1 aromatic heterocycles. The zero-order valence-electron chi connectivity index (χ0n) is 10.6. The predicted octanol–water partition coefficient (Wildman–Crippen LogP) is 2.44. The summed E-state index contributed by atoms with van der Waals surface area (Å²) in [5, 5.41) is 0. The minimum absolute atomic E-state index is 0.0450. The minimum atomic E-state index is -4.94. The summed E-state index contributed by atoms with van der Waals surface area (Å²) in [6.45, 7) is 0. The Morgan fingerprint density at radius 3 is 2.40 bits per heavy atom. The van der Waals surface area contributed by atoms with Crippen molar-refractivity contribution < 1.29 is 32.2 Å². The Kier molecular flexibility index (Phi) is 5.43. The molecule has 0 aromatic carbocycles. The summed E-state index contributed by atoms with van der Waals surface area (Å²) in [6.07, 6.45) is -5.37. The lowest BCUT2D eigenvalue weighted by atomic mass is 10.1. The third kappa shape index (κ3) is 4.44. The third-order valence-corrected chi connectivity index (χ3v) is 2.50. The molecule has 0 fully saturated rings. The van der Waals surface area contributed by atoms with Crippen LogP contribution in [-0.2, 0) is 21.8 Å². The van der Waals surface area contributed by atoms with E-state index in [1.807, 2.05) is 0 Å². The van der Waals surface area contributed by atoms with Gasteiger partial charge in [-0.3, -0.25) is 4.79 Å². The molecule has 20 heavy (non-hydrogen) atoms. The number of alkyl halides is 4. The van der Waals surface area contributed by atoms with Gasteiger partial charge >= 0.3 is 12.3 Å². The molecule has 9 heteroatoms. The Balaban J connectivity index is 3.25. The van der Waals surface area contributed by atoms with Gasteiger partial charge < -0.3 is 14.2 Å². The molecule has 0 aliphatic rings. The number of carbonyl (C=O) groups excluding carboxylic acids is 1. The van der Waals surface area contributed by atoms with Gasteiger partial charge in [0.05, 0.1) is 26.5 Å². The topological polar surface area (TPSA) is 57.7 Å². The second-order valence-electron chi connectivity index (χ2n) is 3.56. The third-order valence-electron chi connectivity index (χ3n) is 2.21.